The first-order chi connectivity index (χ1) is 7.13. The van der Waals surface area contributed by atoms with E-state index in [9.17, 15) is 4.79 Å². The van der Waals surface area contributed by atoms with Crippen molar-refractivity contribution in [3.8, 4) is 6.07 Å². The zero-order valence-electron chi connectivity index (χ0n) is 7.81. The molecule has 1 atom stereocenters. The summed E-state index contributed by atoms with van der Waals surface area (Å²) in [6, 6.07) is 8.61. The molecule has 0 heterocycles. The van der Waals surface area contributed by atoms with Gasteiger partial charge in [0.05, 0.1) is 6.61 Å². The lowest BCUT2D eigenvalue weighted by molar-refractivity contribution is -0.126. The van der Waals surface area contributed by atoms with Crippen LogP contribution in [0.1, 0.15) is 5.56 Å². The summed E-state index contributed by atoms with van der Waals surface area (Å²) in [6.45, 7) is 0.127. The van der Waals surface area contributed by atoms with E-state index in [-0.39, 0.29) is 6.61 Å². The summed E-state index contributed by atoms with van der Waals surface area (Å²) in [5.74, 6) is -0.792. The largest absolute Gasteiger partial charge is 0.366 e. The topological polar surface area (TPSA) is 76.1 Å². The fourth-order valence-electron chi connectivity index (χ4n) is 0.989. The lowest BCUT2D eigenvalue weighted by Gasteiger charge is -2.06. The van der Waals surface area contributed by atoms with Crippen molar-refractivity contribution < 1.29 is 9.53 Å². The fraction of sp³-hybridized carbons (Fsp3) is 0.200. The lowest BCUT2D eigenvalue weighted by atomic mass is 10.2. The molecular weight excluding hydrogens is 216 g/mol. The Morgan fingerprint density at radius 1 is 1.67 bits per heavy atom. The normalized spacial score (nSPS) is 11.7. The predicted octanol–water partition coefficient (Wildman–Crippen LogP) is 1.23. The molecular formula is C10H9ClN2O2. The van der Waals surface area contributed by atoms with E-state index >= 15 is 0 Å². The SMILES string of the molecule is N#CC(OCc1cccc(Cl)c1)C(N)=O. The van der Waals surface area contributed by atoms with Crippen molar-refractivity contribution in [2.75, 3.05) is 0 Å². The highest BCUT2D eigenvalue weighted by Crippen LogP contribution is 2.11. The standard InChI is InChI=1S/C10H9ClN2O2/c11-8-3-1-2-7(4-8)6-15-9(5-12)10(13)14/h1-4,9H,6H2,(H2,13,14). The van der Waals surface area contributed by atoms with Crippen LogP contribution in [0.15, 0.2) is 24.3 Å². The molecule has 2 N–H and O–H groups in total. The van der Waals surface area contributed by atoms with Crippen molar-refractivity contribution in [2.24, 2.45) is 5.73 Å². The zero-order valence-corrected chi connectivity index (χ0v) is 8.57. The van der Waals surface area contributed by atoms with Crippen LogP contribution in [0.3, 0.4) is 0 Å². The monoisotopic (exact) mass is 224 g/mol. The van der Waals surface area contributed by atoms with Gasteiger partial charge < -0.3 is 10.5 Å². The molecule has 0 aliphatic carbocycles. The van der Waals surface area contributed by atoms with Crippen LogP contribution in [-0.2, 0) is 16.1 Å². The molecule has 1 aromatic carbocycles. The molecule has 0 saturated carbocycles. The molecule has 0 aromatic heterocycles. The maximum Gasteiger partial charge on any atom is 0.261 e. The van der Waals surface area contributed by atoms with Gasteiger partial charge in [0, 0.05) is 5.02 Å². The third-order valence-electron chi connectivity index (χ3n) is 1.68. The van der Waals surface area contributed by atoms with Gasteiger partial charge in [0.25, 0.3) is 5.91 Å². The van der Waals surface area contributed by atoms with Gasteiger partial charge in [-0.05, 0) is 17.7 Å². The number of nitrogens with zero attached hydrogens (tertiary/aromatic N) is 1. The molecule has 0 bridgehead atoms. The van der Waals surface area contributed by atoms with E-state index in [1.807, 2.05) is 0 Å². The average Bonchev–Trinajstić information content (AvgIpc) is 2.18. The molecule has 0 aliphatic heterocycles. The summed E-state index contributed by atoms with van der Waals surface area (Å²) in [7, 11) is 0. The van der Waals surface area contributed by atoms with Crippen LogP contribution >= 0.6 is 11.6 Å². The van der Waals surface area contributed by atoms with Crippen LogP contribution in [0.5, 0.6) is 0 Å². The first-order valence-corrected chi connectivity index (χ1v) is 4.56. The molecule has 0 spiro atoms. The highest BCUT2D eigenvalue weighted by molar-refractivity contribution is 6.30. The zero-order chi connectivity index (χ0) is 11.3. The number of primary amides is 1. The van der Waals surface area contributed by atoms with Crippen LogP contribution in [0.4, 0.5) is 0 Å². The molecule has 5 heteroatoms. The van der Waals surface area contributed by atoms with Gasteiger partial charge in [-0.3, -0.25) is 4.79 Å². The van der Waals surface area contributed by atoms with Gasteiger partial charge in [0.15, 0.2) is 0 Å². The van der Waals surface area contributed by atoms with Crippen molar-refractivity contribution in [3.63, 3.8) is 0 Å². The second-order valence-electron chi connectivity index (χ2n) is 2.85. The minimum Gasteiger partial charge on any atom is -0.366 e. The summed E-state index contributed by atoms with van der Waals surface area (Å²) < 4.78 is 5.00. The Morgan fingerprint density at radius 3 is 2.93 bits per heavy atom. The van der Waals surface area contributed by atoms with Gasteiger partial charge in [-0.15, -0.1) is 0 Å². The Kier molecular flexibility index (Phi) is 4.10. The molecule has 1 amide bonds. The van der Waals surface area contributed by atoms with Crippen LogP contribution in [0.2, 0.25) is 5.02 Å². The van der Waals surface area contributed by atoms with Crippen molar-refractivity contribution in [2.45, 2.75) is 12.7 Å². The Balaban J connectivity index is 2.57. The number of hydrogen-bond acceptors (Lipinski definition) is 3. The van der Waals surface area contributed by atoms with E-state index < -0.39 is 12.0 Å². The molecule has 0 saturated heterocycles. The maximum absolute atomic E-state index is 10.7. The summed E-state index contributed by atoms with van der Waals surface area (Å²) >= 11 is 5.74. The molecule has 1 unspecified atom stereocenters. The molecule has 0 radical (unpaired) electrons. The minimum atomic E-state index is -1.22. The highest BCUT2D eigenvalue weighted by Gasteiger charge is 2.14. The van der Waals surface area contributed by atoms with Crippen LogP contribution in [0.25, 0.3) is 0 Å². The number of halogens is 1. The van der Waals surface area contributed by atoms with Crippen LogP contribution in [0, 0.1) is 11.3 Å². The Hall–Kier alpha value is -1.57. The van der Waals surface area contributed by atoms with Crippen LogP contribution in [-0.4, -0.2) is 12.0 Å². The maximum atomic E-state index is 10.7. The van der Waals surface area contributed by atoms with E-state index in [1.54, 1.807) is 30.3 Å². The van der Waals surface area contributed by atoms with Crippen molar-refractivity contribution in [1.82, 2.24) is 0 Å². The van der Waals surface area contributed by atoms with Gasteiger partial charge in [0.2, 0.25) is 6.10 Å². The van der Waals surface area contributed by atoms with Crippen LogP contribution < -0.4 is 5.73 Å². The van der Waals surface area contributed by atoms with Gasteiger partial charge >= 0.3 is 0 Å². The second-order valence-corrected chi connectivity index (χ2v) is 3.29. The smallest absolute Gasteiger partial charge is 0.261 e. The first-order valence-electron chi connectivity index (χ1n) is 4.18. The van der Waals surface area contributed by atoms with Gasteiger partial charge in [-0.1, -0.05) is 23.7 Å². The second kappa shape index (κ2) is 5.35. The Labute approximate surface area is 92.2 Å². The van der Waals surface area contributed by atoms with Crippen molar-refractivity contribution >= 4 is 17.5 Å². The summed E-state index contributed by atoms with van der Waals surface area (Å²) in [5, 5.41) is 9.10. The molecule has 15 heavy (non-hydrogen) atoms. The molecule has 1 aromatic rings. The molecule has 4 nitrogen and oxygen atoms in total. The molecule has 0 aliphatic rings. The fourth-order valence-corrected chi connectivity index (χ4v) is 1.20. The number of ether oxygens (including phenoxy) is 1. The van der Waals surface area contributed by atoms with Gasteiger partial charge in [0.1, 0.15) is 6.07 Å². The van der Waals surface area contributed by atoms with Gasteiger partial charge in [-0.2, -0.15) is 5.26 Å². The van der Waals surface area contributed by atoms with E-state index in [0.717, 1.165) is 5.56 Å². The lowest BCUT2D eigenvalue weighted by Crippen LogP contribution is -2.29. The average molecular weight is 225 g/mol. The quantitative estimate of drug-likeness (QED) is 0.836. The molecule has 0 fully saturated rings. The van der Waals surface area contributed by atoms with E-state index in [1.165, 1.54) is 0 Å². The predicted molar refractivity (Wildman–Crippen MR) is 54.8 cm³/mol. The Bertz CT molecular complexity index is 401. The summed E-state index contributed by atoms with van der Waals surface area (Å²) in [5.41, 5.74) is 5.71. The summed E-state index contributed by atoms with van der Waals surface area (Å²) in [6.07, 6.45) is -1.22. The highest BCUT2D eigenvalue weighted by atomic mass is 35.5. The van der Waals surface area contributed by atoms with E-state index in [0.29, 0.717) is 5.02 Å². The number of benzene rings is 1. The number of carbonyl (C=O) groups excluding carboxylic acids is 1. The number of carbonyl (C=O) groups is 1. The molecule has 1 rings (SSSR count). The van der Waals surface area contributed by atoms with Crippen molar-refractivity contribution in [3.05, 3.63) is 34.9 Å². The number of nitriles is 1. The van der Waals surface area contributed by atoms with Gasteiger partial charge in [-0.25, -0.2) is 0 Å². The van der Waals surface area contributed by atoms with E-state index in [2.05, 4.69) is 0 Å². The first kappa shape index (κ1) is 11.5. The Morgan fingerprint density at radius 2 is 2.40 bits per heavy atom. The number of amides is 1. The number of rotatable bonds is 4. The number of nitrogens with two attached hydrogens (primary N) is 1. The van der Waals surface area contributed by atoms with Crippen molar-refractivity contribution in [1.29, 1.82) is 5.26 Å². The van der Waals surface area contributed by atoms with E-state index in [4.69, 9.17) is 27.3 Å². The summed E-state index contributed by atoms with van der Waals surface area (Å²) in [4.78, 5) is 10.7. The minimum absolute atomic E-state index is 0.127. The number of hydrogen-bond donors (Lipinski definition) is 1. The third-order valence-corrected chi connectivity index (χ3v) is 1.92. The third kappa shape index (κ3) is 3.58. The molecule has 78 valence electrons.